The van der Waals surface area contributed by atoms with E-state index in [0.717, 1.165) is 48.1 Å². The number of rotatable bonds is 6. The van der Waals surface area contributed by atoms with E-state index in [1.807, 2.05) is 128 Å². The predicted molar refractivity (Wildman–Crippen MR) is 212 cm³/mol. The minimum Gasteiger partial charge on any atom is -0.305 e. The van der Waals surface area contributed by atoms with Gasteiger partial charge in [0.1, 0.15) is 0 Å². The van der Waals surface area contributed by atoms with E-state index in [1.54, 1.807) is 23.6 Å². The summed E-state index contributed by atoms with van der Waals surface area (Å²) in [4.78, 5) is 9.29. The van der Waals surface area contributed by atoms with E-state index < -0.39 is 21.3 Å². The maximum Gasteiger partial charge on any atom is 0.0795 e. The monoisotopic (exact) mass is 864 g/mol. The molecule has 5 heteroatoms. The first-order valence-corrected chi connectivity index (χ1v) is 20.6. The molecule has 3 heterocycles. The molecule has 2 nitrogen and oxygen atoms in total. The molecule has 0 unspecified atom stereocenters. The number of nitrogens with zero attached hydrogens (tertiary/aromatic N) is 2. The molecule has 249 valence electrons. The minimum atomic E-state index is -2.17. The third-order valence-corrected chi connectivity index (χ3v) is 11.6. The van der Waals surface area contributed by atoms with E-state index in [9.17, 15) is 0 Å². The SMILES string of the molecule is [2H]C([2H])([2H])c1c[c-]c(-c2ccc([Si](C)(C)C)cn2)c2sc3ccccc3c12.[2H]C([2H])(c1ccccc1)c1cc(-c2[c-]cccc2)ncc1-c1ccccc1.[Ir]. The molecule has 8 rings (SSSR count). The first-order valence-electron chi connectivity index (χ1n) is 18.7. The summed E-state index contributed by atoms with van der Waals surface area (Å²) in [5.74, 6) is 0. The molecule has 0 atom stereocenters. The Morgan fingerprint density at radius 3 is 2.18 bits per heavy atom. The largest absolute Gasteiger partial charge is 0.305 e. The van der Waals surface area contributed by atoms with E-state index in [0.29, 0.717) is 22.4 Å². The van der Waals surface area contributed by atoms with Crippen LogP contribution < -0.4 is 5.19 Å². The molecule has 1 radical (unpaired) electrons. The van der Waals surface area contributed by atoms with Crippen molar-refractivity contribution in [2.24, 2.45) is 0 Å². The predicted octanol–water partition coefficient (Wildman–Crippen LogP) is 11.6. The number of benzene rings is 5. The van der Waals surface area contributed by atoms with Crippen LogP contribution in [0.15, 0.2) is 146 Å². The van der Waals surface area contributed by atoms with Crippen LogP contribution in [0.1, 0.15) is 23.5 Å². The van der Waals surface area contributed by atoms with E-state index in [4.69, 9.17) is 11.8 Å². The molecule has 0 saturated heterocycles. The minimum absolute atomic E-state index is 0. The first kappa shape index (κ1) is 29.2. The summed E-state index contributed by atoms with van der Waals surface area (Å²) in [6.45, 7) is 4.72. The van der Waals surface area contributed by atoms with Crippen molar-refractivity contribution in [2.45, 2.75) is 32.9 Å². The summed E-state index contributed by atoms with van der Waals surface area (Å²) in [5.41, 5.74) is 6.60. The summed E-state index contributed by atoms with van der Waals surface area (Å²) in [6, 6.07) is 48.7. The number of aryl methyl sites for hydroxylation is 1. The standard InChI is InChI=1S/C24H18N.C21H20NSSi.Ir/c1-4-10-19(11-5-1)16-22-17-24(21-14-8-3-9-15-21)25-18-23(22)20-12-6-2-7-13-20;1-14-9-11-16(18-12-10-15(13-22-18)24(2,3)4)21-20(14)17-7-5-6-8-19(17)23-21;/h1-14,17-18H,16H2;5-10,12-13H,1-4H3;/q2*-1;/i16D2;1D3;. The molecule has 5 aromatic carbocycles. The van der Waals surface area contributed by atoms with Gasteiger partial charge in [-0.05, 0) is 55.8 Å². The Morgan fingerprint density at radius 2 is 1.48 bits per heavy atom. The summed E-state index contributed by atoms with van der Waals surface area (Å²) in [6.07, 6.45) is 2.08. The third kappa shape index (κ3) is 7.77. The molecule has 0 fully saturated rings. The van der Waals surface area contributed by atoms with Crippen LogP contribution in [-0.2, 0) is 26.5 Å². The second-order valence-corrected chi connectivity index (χ2v) is 18.9. The van der Waals surface area contributed by atoms with Crippen LogP contribution in [0.2, 0.25) is 19.6 Å². The number of thiophene rings is 1. The van der Waals surface area contributed by atoms with Gasteiger partial charge < -0.3 is 9.97 Å². The van der Waals surface area contributed by atoms with Crippen molar-refractivity contribution in [3.63, 3.8) is 0 Å². The molecule has 0 aliphatic heterocycles. The number of hydrogen-bond donors (Lipinski definition) is 0. The van der Waals surface area contributed by atoms with Gasteiger partial charge >= 0.3 is 0 Å². The Morgan fingerprint density at radius 1 is 0.760 bits per heavy atom. The fourth-order valence-corrected chi connectivity index (χ4v) is 8.00. The molecule has 3 aromatic heterocycles. The maximum atomic E-state index is 8.89. The van der Waals surface area contributed by atoms with Crippen molar-refractivity contribution < 1.29 is 27.0 Å². The quantitative estimate of drug-likeness (QED) is 0.123. The Hall–Kier alpha value is -4.51. The van der Waals surface area contributed by atoms with Crippen LogP contribution in [0, 0.1) is 19.0 Å². The smallest absolute Gasteiger partial charge is 0.0795 e. The van der Waals surface area contributed by atoms with E-state index >= 15 is 0 Å². The molecule has 50 heavy (non-hydrogen) atoms. The van der Waals surface area contributed by atoms with Crippen LogP contribution in [0.5, 0.6) is 0 Å². The van der Waals surface area contributed by atoms with Crippen molar-refractivity contribution in [2.75, 3.05) is 0 Å². The first-order chi connectivity index (χ1) is 25.8. The van der Waals surface area contributed by atoms with E-state index in [2.05, 4.69) is 42.8 Å². The van der Waals surface area contributed by atoms with Crippen LogP contribution in [0.4, 0.5) is 0 Å². The summed E-state index contributed by atoms with van der Waals surface area (Å²) in [5, 5.41) is 3.09. The molecule has 0 spiro atoms. The fourth-order valence-electron chi connectivity index (χ4n) is 5.73. The molecule has 0 saturated carbocycles. The van der Waals surface area contributed by atoms with Crippen LogP contribution in [0.3, 0.4) is 0 Å². The Bertz CT molecular complexity index is 2540. The van der Waals surface area contributed by atoms with Crippen molar-refractivity contribution in [1.29, 1.82) is 0 Å². The Labute approximate surface area is 321 Å². The van der Waals surface area contributed by atoms with Gasteiger partial charge in [-0.2, -0.15) is 11.3 Å². The normalized spacial score (nSPS) is 13.1. The average Bonchev–Trinajstić information content (AvgIpc) is 3.58. The van der Waals surface area contributed by atoms with Gasteiger partial charge in [-0.25, -0.2) is 0 Å². The second kappa shape index (κ2) is 15.6. The van der Waals surface area contributed by atoms with Crippen LogP contribution >= 0.6 is 11.3 Å². The molecule has 0 bridgehead atoms. The van der Waals surface area contributed by atoms with Gasteiger partial charge in [0.25, 0.3) is 0 Å². The number of pyridine rings is 2. The van der Waals surface area contributed by atoms with Gasteiger partial charge in [0.15, 0.2) is 0 Å². The van der Waals surface area contributed by atoms with Crippen molar-refractivity contribution >= 4 is 44.8 Å². The van der Waals surface area contributed by atoms with Crippen molar-refractivity contribution in [3.05, 3.63) is 175 Å². The van der Waals surface area contributed by atoms with E-state index in [-0.39, 0.29) is 20.1 Å². The van der Waals surface area contributed by atoms with Gasteiger partial charge in [0.2, 0.25) is 0 Å². The Kier molecular flexibility index (Phi) is 9.11. The van der Waals surface area contributed by atoms with Crippen molar-refractivity contribution in [3.8, 4) is 33.6 Å². The van der Waals surface area contributed by atoms with Gasteiger partial charge in [0.05, 0.1) is 8.07 Å². The van der Waals surface area contributed by atoms with E-state index in [1.165, 1.54) is 5.19 Å². The number of hydrogen-bond acceptors (Lipinski definition) is 3. The topological polar surface area (TPSA) is 25.8 Å². The number of fused-ring (bicyclic) bond motifs is 3. The summed E-state index contributed by atoms with van der Waals surface area (Å²) >= 11 is 1.61. The summed E-state index contributed by atoms with van der Waals surface area (Å²) in [7, 11) is -1.42. The van der Waals surface area contributed by atoms with Gasteiger partial charge in [-0.1, -0.05) is 129 Å². The maximum absolute atomic E-state index is 8.89. The molecule has 0 N–H and O–H groups in total. The zero-order valence-electron chi connectivity index (χ0n) is 33.0. The number of aromatic nitrogens is 2. The third-order valence-electron chi connectivity index (χ3n) is 8.36. The zero-order chi connectivity index (χ0) is 38.1. The van der Waals surface area contributed by atoms with Crippen molar-refractivity contribution in [1.82, 2.24) is 9.97 Å². The molecular formula is C45H38IrN2SSi-2. The molecule has 8 aromatic rings. The van der Waals surface area contributed by atoms with Gasteiger partial charge in [0, 0.05) is 49.6 Å². The molecular weight excluding hydrogens is 821 g/mol. The molecule has 0 aliphatic rings. The second-order valence-electron chi connectivity index (χ2n) is 12.8. The molecule has 0 aliphatic carbocycles. The van der Waals surface area contributed by atoms with Gasteiger partial charge in [-0.3, -0.25) is 0 Å². The average molecular weight is 864 g/mol. The molecule has 0 amide bonds. The summed E-state index contributed by atoms with van der Waals surface area (Å²) < 4.78 is 43.6. The van der Waals surface area contributed by atoms with Crippen LogP contribution in [0.25, 0.3) is 53.8 Å². The zero-order valence-corrected chi connectivity index (χ0v) is 32.2. The fraction of sp³-hybridized carbons (Fsp3) is 0.111. The van der Waals surface area contributed by atoms with Crippen LogP contribution in [-0.4, -0.2) is 18.0 Å². The Balaban J connectivity index is 0.000000184. The van der Waals surface area contributed by atoms with Gasteiger partial charge in [-0.15, -0.1) is 59.2 Å².